The molecule has 2 aliphatic rings. The summed E-state index contributed by atoms with van der Waals surface area (Å²) < 4.78 is 27.3. The van der Waals surface area contributed by atoms with Crippen molar-refractivity contribution in [2.24, 2.45) is 0 Å². The van der Waals surface area contributed by atoms with Crippen molar-refractivity contribution < 1.29 is 8.42 Å². The number of nitrogens with zero attached hydrogens (tertiary/aromatic N) is 2. The van der Waals surface area contributed by atoms with Crippen LogP contribution in [0.5, 0.6) is 0 Å². The first-order chi connectivity index (χ1) is 10.1. The van der Waals surface area contributed by atoms with Gasteiger partial charge in [0.2, 0.25) is 0 Å². The zero-order valence-corrected chi connectivity index (χ0v) is 14.4. The molecule has 4 nitrogen and oxygen atoms in total. The van der Waals surface area contributed by atoms with Gasteiger partial charge in [-0.05, 0) is 25.0 Å². The molecule has 1 aromatic heterocycles. The number of piperazine rings is 1. The van der Waals surface area contributed by atoms with E-state index in [2.05, 4.69) is 4.90 Å². The van der Waals surface area contributed by atoms with Crippen molar-refractivity contribution in [3.63, 3.8) is 0 Å². The predicted molar refractivity (Wildman–Crippen MR) is 86.5 cm³/mol. The molecule has 0 N–H and O–H groups in total. The minimum atomic E-state index is -3.33. The fourth-order valence-corrected chi connectivity index (χ4v) is 6.31. The van der Waals surface area contributed by atoms with Crippen LogP contribution in [0.1, 0.15) is 30.6 Å². The standard InChI is InChI=1S/C14H21ClN2O2S2/c15-11-13-5-6-14(20-13)21(18,19)17-9-7-16(8-10-17)12-3-1-2-4-12/h5-6,12H,1-4,7-11H2. The Hall–Kier alpha value is -0.140. The topological polar surface area (TPSA) is 40.6 Å². The summed E-state index contributed by atoms with van der Waals surface area (Å²) in [6.45, 7) is 2.93. The van der Waals surface area contributed by atoms with E-state index in [0.717, 1.165) is 18.0 Å². The van der Waals surface area contributed by atoms with Gasteiger partial charge in [-0.1, -0.05) is 12.8 Å². The Morgan fingerprint density at radius 3 is 2.38 bits per heavy atom. The van der Waals surface area contributed by atoms with Crippen molar-refractivity contribution in [3.05, 3.63) is 17.0 Å². The normalized spacial score (nSPS) is 22.9. The lowest BCUT2D eigenvalue weighted by Gasteiger charge is -2.37. The van der Waals surface area contributed by atoms with E-state index in [1.165, 1.54) is 37.0 Å². The molecule has 0 unspecified atom stereocenters. The number of rotatable bonds is 4. The van der Waals surface area contributed by atoms with E-state index >= 15 is 0 Å². The molecule has 0 bridgehead atoms. The molecule has 2 fully saturated rings. The van der Waals surface area contributed by atoms with Crippen LogP contribution in [0.25, 0.3) is 0 Å². The van der Waals surface area contributed by atoms with Gasteiger partial charge in [-0.25, -0.2) is 8.42 Å². The number of hydrogen-bond donors (Lipinski definition) is 0. The second-order valence-corrected chi connectivity index (χ2v) is 9.33. The van der Waals surface area contributed by atoms with Crippen LogP contribution in [0.4, 0.5) is 0 Å². The number of sulfonamides is 1. The molecule has 1 aliphatic heterocycles. The molecule has 7 heteroatoms. The Bertz CT molecular complexity index is 574. The highest BCUT2D eigenvalue weighted by Gasteiger charge is 2.32. The summed E-state index contributed by atoms with van der Waals surface area (Å²) in [5.41, 5.74) is 0. The maximum absolute atomic E-state index is 12.6. The average Bonchev–Trinajstić information content (AvgIpc) is 3.19. The van der Waals surface area contributed by atoms with Crippen molar-refractivity contribution in [3.8, 4) is 0 Å². The quantitative estimate of drug-likeness (QED) is 0.785. The maximum Gasteiger partial charge on any atom is 0.252 e. The summed E-state index contributed by atoms with van der Waals surface area (Å²) in [5, 5.41) is 0. The summed E-state index contributed by atoms with van der Waals surface area (Å²) in [6, 6.07) is 4.17. The molecule has 0 spiro atoms. The van der Waals surface area contributed by atoms with Crippen LogP contribution in [-0.4, -0.2) is 49.8 Å². The summed E-state index contributed by atoms with van der Waals surface area (Å²) >= 11 is 7.05. The first-order valence-corrected chi connectivity index (χ1v) is 10.3. The van der Waals surface area contributed by atoms with Crippen LogP contribution in [0, 0.1) is 0 Å². The molecule has 1 saturated carbocycles. The molecule has 2 heterocycles. The van der Waals surface area contributed by atoms with Gasteiger partial charge in [-0.15, -0.1) is 22.9 Å². The van der Waals surface area contributed by atoms with Crippen LogP contribution in [-0.2, 0) is 15.9 Å². The third-order valence-corrected chi connectivity index (χ3v) is 8.37. The van der Waals surface area contributed by atoms with E-state index < -0.39 is 10.0 Å². The Balaban J connectivity index is 1.65. The third-order valence-electron chi connectivity index (χ3n) is 4.48. The van der Waals surface area contributed by atoms with E-state index in [1.807, 2.05) is 0 Å². The van der Waals surface area contributed by atoms with Crippen LogP contribution in [0.3, 0.4) is 0 Å². The van der Waals surface area contributed by atoms with Gasteiger partial charge in [0.1, 0.15) is 4.21 Å². The molecule has 0 aromatic carbocycles. The number of alkyl halides is 1. The highest BCUT2D eigenvalue weighted by atomic mass is 35.5. The van der Waals surface area contributed by atoms with Gasteiger partial charge in [-0.3, -0.25) is 4.90 Å². The van der Waals surface area contributed by atoms with Gasteiger partial charge in [-0.2, -0.15) is 4.31 Å². The molecule has 1 aliphatic carbocycles. The lowest BCUT2D eigenvalue weighted by atomic mass is 10.2. The van der Waals surface area contributed by atoms with Crippen LogP contribution >= 0.6 is 22.9 Å². The monoisotopic (exact) mass is 348 g/mol. The van der Waals surface area contributed by atoms with Crippen LogP contribution in [0.15, 0.2) is 16.3 Å². The minimum absolute atomic E-state index is 0.371. The van der Waals surface area contributed by atoms with Gasteiger partial charge in [0.15, 0.2) is 0 Å². The number of halogens is 1. The maximum atomic E-state index is 12.6. The molecule has 0 amide bonds. The summed E-state index contributed by atoms with van der Waals surface area (Å²) in [7, 11) is -3.33. The zero-order chi connectivity index (χ0) is 14.9. The summed E-state index contributed by atoms with van der Waals surface area (Å²) in [4.78, 5) is 3.37. The van der Waals surface area contributed by atoms with Crippen molar-refractivity contribution in [1.82, 2.24) is 9.21 Å². The second-order valence-electron chi connectivity index (χ2n) is 5.73. The molecule has 118 valence electrons. The predicted octanol–water partition coefficient (Wildman–Crippen LogP) is 2.74. The highest BCUT2D eigenvalue weighted by Crippen LogP contribution is 2.28. The van der Waals surface area contributed by atoms with E-state index in [1.54, 1.807) is 16.4 Å². The number of hydrogen-bond acceptors (Lipinski definition) is 4. The Morgan fingerprint density at radius 2 is 1.81 bits per heavy atom. The first kappa shape index (κ1) is 15.7. The molecule has 0 atom stereocenters. The van der Waals surface area contributed by atoms with Gasteiger partial charge in [0.25, 0.3) is 10.0 Å². The molecule has 1 saturated heterocycles. The Morgan fingerprint density at radius 1 is 1.14 bits per heavy atom. The molecule has 21 heavy (non-hydrogen) atoms. The van der Waals surface area contributed by atoms with Crippen molar-refractivity contribution in [2.75, 3.05) is 26.2 Å². The fourth-order valence-electron chi connectivity index (χ4n) is 3.27. The van der Waals surface area contributed by atoms with Gasteiger partial charge in [0.05, 0.1) is 5.88 Å². The third kappa shape index (κ3) is 3.29. The lowest BCUT2D eigenvalue weighted by molar-refractivity contribution is 0.139. The van der Waals surface area contributed by atoms with Crippen LogP contribution in [0.2, 0.25) is 0 Å². The molecule has 3 rings (SSSR count). The molecular formula is C14H21ClN2O2S2. The zero-order valence-electron chi connectivity index (χ0n) is 12.0. The summed E-state index contributed by atoms with van der Waals surface area (Å²) in [5.74, 6) is 0.371. The SMILES string of the molecule is O=S(=O)(c1ccc(CCl)s1)N1CCN(C2CCCC2)CC1. The average molecular weight is 349 g/mol. The largest absolute Gasteiger partial charge is 0.298 e. The second kappa shape index (κ2) is 6.54. The first-order valence-electron chi connectivity index (χ1n) is 7.50. The van der Waals surface area contributed by atoms with E-state index in [9.17, 15) is 8.42 Å². The fraction of sp³-hybridized carbons (Fsp3) is 0.714. The van der Waals surface area contributed by atoms with Crippen LogP contribution < -0.4 is 0 Å². The highest BCUT2D eigenvalue weighted by molar-refractivity contribution is 7.91. The Kier molecular flexibility index (Phi) is 4.90. The van der Waals surface area contributed by atoms with E-state index in [-0.39, 0.29) is 0 Å². The molecular weight excluding hydrogens is 328 g/mol. The van der Waals surface area contributed by atoms with Crippen molar-refractivity contribution >= 4 is 33.0 Å². The molecule has 0 radical (unpaired) electrons. The van der Waals surface area contributed by atoms with Crippen molar-refractivity contribution in [2.45, 2.75) is 41.8 Å². The van der Waals surface area contributed by atoms with Gasteiger partial charge >= 0.3 is 0 Å². The Labute approximate surface area is 135 Å². The van der Waals surface area contributed by atoms with E-state index in [4.69, 9.17) is 11.6 Å². The van der Waals surface area contributed by atoms with Gasteiger partial charge < -0.3 is 0 Å². The minimum Gasteiger partial charge on any atom is -0.298 e. The van der Waals surface area contributed by atoms with Crippen molar-refractivity contribution in [1.29, 1.82) is 0 Å². The molecule has 1 aromatic rings. The lowest BCUT2D eigenvalue weighted by Crippen LogP contribution is -2.51. The smallest absolute Gasteiger partial charge is 0.252 e. The summed E-state index contributed by atoms with van der Waals surface area (Å²) in [6.07, 6.45) is 5.19. The van der Waals surface area contributed by atoms with Gasteiger partial charge in [0, 0.05) is 37.1 Å². The number of thiophene rings is 1. The van der Waals surface area contributed by atoms with E-state index in [0.29, 0.717) is 29.2 Å².